The highest BCUT2D eigenvalue weighted by atomic mass is 32.1. The minimum absolute atomic E-state index is 0.0437. The number of piperidine rings is 1. The molecule has 29 heavy (non-hydrogen) atoms. The molecule has 1 aliphatic carbocycles. The van der Waals surface area contributed by atoms with Gasteiger partial charge in [0.2, 0.25) is 5.91 Å². The Labute approximate surface area is 179 Å². The number of urea groups is 1. The highest BCUT2D eigenvalue weighted by molar-refractivity contribution is 7.14. The zero-order valence-electron chi connectivity index (χ0n) is 17.7. The molecule has 0 radical (unpaired) electrons. The van der Waals surface area contributed by atoms with Crippen LogP contribution in [-0.4, -0.2) is 36.0 Å². The number of carbonyl (C=O) groups is 2. The minimum Gasteiger partial charge on any atom is -0.353 e. The number of anilines is 1. The van der Waals surface area contributed by atoms with E-state index in [1.807, 2.05) is 22.4 Å². The molecule has 3 amide bonds. The van der Waals surface area contributed by atoms with Gasteiger partial charge >= 0.3 is 6.03 Å². The number of rotatable bonds is 3. The van der Waals surface area contributed by atoms with Gasteiger partial charge in [-0.2, -0.15) is 0 Å². The summed E-state index contributed by atoms with van der Waals surface area (Å²) in [5, 5.41) is 9.13. The van der Waals surface area contributed by atoms with Gasteiger partial charge in [-0.15, -0.1) is 11.3 Å². The molecular weight excluding hydrogens is 382 g/mol. The molecule has 0 spiro atoms. The van der Waals surface area contributed by atoms with Crippen molar-refractivity contribution in [2.75, 3.05) is 18.4 Å². The van der Waals surface area contributed by atoms with Crippen LogP contribution in [0.2, 0.25) is 0 Å². The van der Waals surface area contributed by atoms with Crippen molar-refractivity contribution in [1.82, 2.24) is 10.2 Å². The molecule has 1 saturated carbocycles. The fourth-order valence-electron chi connectivity index (χ4n) is 4.51. The molecule has 1 aromatic rings. The summed E-state index contributed by atoms with van der Waals surface area (Å²) in [4.78, 5) is 27.0. The average molecular weight is 420 g/mol. The monoisotopic (exact) mass is 419 g/mol. The Morgan fingerprint density at radius 1 is 0.862 bits per heavy atom. The second-order valence-electron chi connectivity index (χ2n) is 8.63. The third-order valence-corrected chi connectivity index (χ3v) is 7.14. The van der Waals surface area contributed by atoms with E-state index in [4.69, 9.17) is 0 Å². The van der Waals surface area contributed by atoms with Crippen LogP contribution in [0.15, 0.2) is 17.5 Å². The molecule has 6 heteroatoms. The smallest absolute Gasteiger partial charge is 0.322 e. The van der Waals surface area contributed by atoms with Crippen molar-refractivity contribution >= 4 is 28.3 Å². The molecule has 162 valence electrons. The van der Waals surface area contributed by atoms with Crippen molar-refractivity contribution < 1.29 is 9.59 Å². The molecule has 1 aliphatic heterocycles. The maximum absolute atomic E-state index is 12.8. The Bertz CT molecular complexity index is 600. The molecule has 0 atom stereocenters. The molecule has 0 aromatic carbocycles. The lowest BCUT2D eigenvalue weighted by Gasteiger charge is -2.32. The maximum atomic E-state index is 12.8. The number of nitrogens with zero attached hydrogens (tertiary/aromatic N) is 1. The van der Waals surface area contributed by atoms with Crippen LogP contribution in [0.1, 0.15) is 83.5 Å². The van der Waals surface area contributed by atoms with Crippen molar-refractivity contribution in [2.24, 2.45) is 5.92 Å². The SMILES string of the molecule is O=C(NC1CCCCCCCCCCC1)C1CCN(C(=O)Nc2cccs2)CC1. The molecule has 2 N–H and O–H groups in total. The molecule has 0 unspecified atom stereocenters. The lowest BCUT2D eigenvalue weighted by atomic mass is 9.94. The van der Waals surface area contributed by atoms with Crippen LogP contribution in [0.4, 0.5) is 9.80 Å². The summed E-state index contributed by atoms with van der Waals surface area (Å²) in [5.74, 6) is 0.252. The number of amides is 3. The topological polar surface area (TPSA) is 61.4 Å². The standard InChI is InChI=1S/C23H37N3O2S/c27-22(24-20-11-8-6-4-2-1-3-5-7-9-12-20)19-14-16-26(17-15-19)23(28)25-21-13-10-18-29-21/h10,13,18-20H,1-9,11-12,14-17H2,(H,24,27)(H,25,28). The van der Waals surface area contributed by atoms with Gasteiger partial charge in [-0.25, -0.2) is 4.79 Å². The largest absolute Gasteiger partial charge is 0.353 e. The minimum atomic E-state index is -0.0503. The van der Waals surface area contributed by atoms with E-state index in [1.54, 1.807) is 0 Å². The lowest BCUT2D eigenvalue weighted by molar-refractivity contribution is -0.127. The quantitative estimate of drug-likeness (QED) is 0.652. The number of nitrogens with one attached hydrogen (secondary N) is 2. The van der Waals surface area contributed by atoms with Crippen molar-refractivity contribution in [3.8, 4) is 0 Å². The van der Waals surface area contributed by atoms with Crippen LogP contribution in [0, 0.1) is 5.92 Å². The average Bonchev–Trinajstić information content (AvgIpc) is 3.23. The number of hydrogen-bond donors (Lipinski definition) is 2. The van der Waals surface area contributed by atoms with Crippen molar-refractivity contribution in [2.45, 2.75) is 89.5 Å². The molecule has 2 heterocycles. The fourth-order valence-corrected chi connectivity index (χ4v) is 5.11. The summed E-state index contributed by atoms with van der Waals surface area (Å²) < 4.78 is 0. The van der Waals surface area contributed by atoms with Crippen LogP contribution < -0.4 is 10.6 Å². The van der Waals surface area contributed by atoms with Crippen LogP contribution in [0.5, 0.6) is 0 Å². The third-order valence-electron chi connectivity index (χ3n) is 6.36. The van der Waals surface area contributed by atoms with E-state index in [1.165, 1.54) is 69.1 Å². The first-order valence-electron chi connectivity index (χ1n) is 11.6. The predicted molar refractivity (Wildman–Crippen MR) is 120 cm³/mol. The predicted octanol–water partition coefficient (Wildman–Crippen LogP) is 5.78. The summed E-state index contributed by atoms with van der Waals surface area (Å²) in [6, 6.07) is 4.12. The molecular formula is C23H37N3O2S. The van der Waals surface area contributed by atoms with Crippen molar-refractivity contribution in [3.63, 3.8) is 0 Å². The zero-order chi connectivity index (χ0) is 20.3. The highest BCUT2D eigenvalue weighted by Gasteiger charge is 2.28. The van der Waals surface area contributed by atoms with E-state index in [9.17, 15) is 9.59 Å². The summed E-state index contributed by atoms with van der Waals surface area (Å²) in [6.07, 6.45) is 15.6. The number of thiophene rings is 1. The van der Waals surface area contributed by atoms with E-state index in [0.717, 1.165) is 30.7 Å². The lowest BCUT2D eigenvalue weighted by Crippen LogP contribution is -2.46. The van der Waals surface area contributed by atoms with Crippen molar-refractivity contribution in [3.05, 3.63) is 17.5 Å². The van der Waals surface area contributed by atoms with Gasteiger partial charge in [0.05, 0.1) is 5.00 Å². The first-order chi connectivity index (χ1) is 14.2. The van der Waals surface area contributed by atoms with E-state index < -0.39 is 0 Å². The van der Waals surface area contributed by atoms with Gasteiger partial charge in [0, 0.05) is 25.0 Å². The summed E-state index contributed by atoms with van der Waals surface area (Å²) in [5.41, 5.74) is 0. The Morgan fingerprint density at radius 3 is 2.00 bits per heavy atom. The van der Waals surface area contributed by atoms with Gasteiger partial charge < -0.3 is 10.2 Å². The molecule has 2 aliphatic rings. The van der Waals surface area contributed by atoms with Crippen molar-refractivity contribution in [1.29, 1.82) is 0 Å². The Balaban J connectivity index is 1.40. The van der Waals surface area contributed by atoms with Gasteiger partial charge in [0.15, 0.2) is 0 Å². The van der Waals surface area contributed by atoms with Crippen LogP contribution in [0.25, 0.3) is 0 Å². The normalized spacial score (nSPS) is 21.0. The first kappa shape index (κ1) is 22.1. The van der Waals surface area contributed by atoms with E-state index in [0.29, 0.717) is 19.1 Å². The third kappa shape index (κ3) is 7.65. The van der Waals surface area contributed by atoms with Gasteiger partial charge in [0.25, 0.3) is 0 Å². The van der Waals surface area contributed by atoms with Gasteiger partial charge in [-0.05, 0) is 43.2 Å². The summed E-state index contributed by atoms with van der Waals surface area (Å²) in [7, 11) is 0. The van der Waals surface area contributed by atoms with Gasteiger partial charge in [0.1, 0.15) is 0 Å². The molecule has 0 bridgehead atoms. The molecule has 5 nitrogen and oxygen atoms in total. The highest BCUT2D eigenvalue weighted by Crippen LogP contribution is 2.22. The molecule has 1 saturated heterocycles. The van der Waals surface area contributed by atoms with Gasteiger partial charge in [-0.1, -0.05) is 57.8 Å². The molecule has 1 aromatic heterocycles. The summed E-state index contributed by atoms with van der Waals surface area (Å²) >= 11 is 1.53. The Kier molecular flexibility index (Phi) is 9.32. The second-order valence-corrected chi connectivity index (χ2v) is 9.58. The Hall–Kier alpha value is -1.56. The maximum Gasteiger partial charge on any atom is 0.322 e. The van der Waals surface area contributed by atoms with E-state index in [2.05, 4.69) is 10.6 Å². The number of hydrogen-bond acceptors (Lipinski definition) is 3. The molecule has 2 fully saturated rings. The van der Waals surface area contributed by atoms with E-state index in [-0.39, 0.29) is 17.9 Å². The second kappa shape index (κ2) is 12.2. The first-order valence-corrected chi connectivity index (χ1v) is 12.5. The van der Waals surface area contributed by atoms with Crippen LogP contribution >= 0.6 is 11.3 Å². The zero-order valence-corrected chi connectivity index (χ0v) is 18.5. The molecule has 3 rings (SSSR count). The fraction of sp³-hybridized carbons (Fsp3) is 0.739. The van der Waals surface area contributed by atoms with Crippen LogP contribution in [-0.2, 0) is 4.79 Å². The summed E-state index contributed by atoms with van der Waals surface area (Å²) in [6.45, 7) is 1.31. The number of likely N-dealkylation sites (tertiary alicyclic amines) is 1. The number of carbonyl (C=O) groups excluding carboxylic acids is 2. The van der Waals surface area contributed by atoms with Gasteiger partial charge in [-0.3, -0.25) is 10.1 Å². The van der Waals surface area contributed by atoms with E-state index >= 15 is 0 Å². The Morgan fingerprint density at radius 2 is 1.45 bits per heavy atom. The van der Waals surface area contributed by atoms with Crippen LogP contribution in [0.3, 0.4) is 0 Å².